The van der Waals surface area contributed by atoms with E-state index in [2.05, 4.69) is 23.4 Å². The molecule has 0 aliphatic heterocycles. The molecule has 3 amide bonds. The summed E-state index contributed by atoms with van der Waals surface area (Å²) in [6.07, 6.45) is -5.21. The van der Waals surface area contributed by atoms with E-state index in [-0.39, 0.29) is 17.6 Å². The molecule has 0 aromatic heterocycles. The molecule has 0 aliphatic carbocycles. The van der Waals surface area contributed by atoms with Crippen LogP contribution in [0.3, 0.4) is 0 Å². The molecule has 0 fully saturated rings. The molecule has 3 rings (SSSR count). The number of alkyl halides is 5. The fourth-order valence-electron chi connectivity index (χ4n) is 4.89. The van der Waals surface area contributed by atoms with Crippen molar-refractivity contribution in [1.82, 2.24) is 21.3 Å². The summed E-state index contributed by atoms with van der Waals surface area (Å²) in [5, 5.41) is 17.9. The first-order valence-corrected chi connectivity index (χ1v) is 15.6. The molecular formula is C35H34BF6N5O5. The number of halogens is 6. The minimum absolute atomic E-state index is 0.0846. The Bertz CT molecular complexity index is 1830. The first kappa shape index (κ1) is 40.8. The second kappa shape index (κ2) is 17.5. The van der Waals surface area contributed by atoms with E-state index in [0.29, 0.717) is 22.4 Å². The standard InChI is InChI=1S/C35H34BF6N5O5/c1-19(2)27(29(48)35(41,42)33(51)44-18-34(38,39)40)46-32(50)28(22-10-12-25(52-3)13-11-22)47-31(49)26(16-20-6-5-9-24(37)15-20)45-30(36)23-8-4-7-21(14-23)17-43/h4-15,19,26-28,36,45H,16,18H2,1-3H3,(H,44,51)(H,46,50)(H,47,49)/t26?,27-,28?/m0/s1. The van der Waals surface area contributed by atoms with Gasteiger partial charge in [-0.2, -0.15) is 13.2 Å². The normalized spacial score (nSPS) is 13.2. The Morgan fingerprint density at radius 2 is 1.54 bits per heavy atom. The summed E-state index contributed by atoms with van der Waals surface area (Å²) in [5.74, 6) is -13.1. The summed E-state index contributed by atoms with van der Waals surface area (Å²) >= 11 is 0. The van der Waals surface area contributed by atoms with Crippen LogP contribution in [0.25, 0.3) is 0 Å². The maximum atomic E-state index is 14.9. The van der Waals surface area contributed by atoms with Crippen LogP contribution in [0, 0.1) is 23.1 Å². The first-order chi connectivity index (χ1) is 24.4. The number of carbonyl (C=O) groups is 4. The van der Waals surface area contributed by atoms with Crippen LogP contribution in [0.15, 0.2) is 72.8 Å². The van der Waals surface area contributed by atoms with Gasteiger partial charge in [0, 0.05) is 0 Å². The molecule has 0 saturated carbocycles. The molecule has 0 heterocycles. The molecule has 3 atom stereocenters. The van der Waals surface area contributed by atoms with Crippen LogP contribution in [-0.4, -0.2) is 74.4 Å². The summed E-state index contributed by atoms with van der Waals surface area (Å²) in [6.45, 7) is 0.374. The van der Waals surface area contributed by atoms with Crippen LogP contribution < -0.4 is 26.0 Å². The van der Waals surface area contributed by atoms with E-state index in [9.17, 15) is 50.8 Å². The van der Waals surface area contributed by atoms with Crippen molar-refractivity contribution in [2.45, 2.75) is 50.5 Å². The number of ketones is 1. The topological polar surface area (TPSA) is 149 Å². The number of nitrogens with zero attached hydrogens (tertiary/aromatic N) is 1. The van der Waals surface area contributed by atoms with Crippen LogP contribution >= 0.6 is 0 Å². The molecule has 0 aliphatic rings. The average Bonchev–Trinajstić information content (AvgIpc) is 3.10. The number of nitrogens with one attached hydrogen (secondary N) is 4. The second-order valence-corrected chi connectivity index (χ2v) is 11.9. The van der Waals surface area contributed by atoms with Crippen molar-refractivity contribution in [2.24, 2.45) is 5.92 Å². The van der Waals surface area contributed by atoms with E-state index in [1.165, 1.54) is 69.5 Å². The van der Waals surface area contributed by atoms with Crippen molar-refractivity contribution in [3.05, 3.63) is 101 Å². The van der Waals surface area contributed by atoms with Crippen LogP contribution in [0.2, 0.25) is 0 Å². The first-order valence-electron chi connectivity index (χ1n) is 15.6. The number of benzene rings is 3. The van der Waals surface area contributed by atoms with Crippen molar-refractivity contribution in [3.63, 3.8) is 0 Å². The van der Waals surface area contributed by atoms with Crippen molar-refractivity contribution in [1.29, 1.82) is 5.26 Å². The van der Waals surface area contributed by atoms with Gasteiger partial charge in [0.2, 0.25) is 0 Å². The van der Waals surface area contributed by atoms with Crippen LogP contribution in [0.4, 0.5) is 26.3 Å². The molecule has 0 saturated heterocycles. The van der Waals surface area contributed by atoms with Gasteiger partial charge in [-0.3, -0.25) is 4.79 Å². The fourth-order valence-corrected chi connectivity index (χ4v) is 4.89. The van der Waals surface area contributed by atoms with Crippen molar-refractivity contribution in [2.75, 3.05) is 13.7 Å². The van der Waals surface area contributed by atoms with E-state index in [1.54, 1.807) is 24.3 Å². The van der Waals surface area contributed by atoms with Gasteiger partial charge in [0.25, 0.3) is 0 Å². The van der Waals surface area contributed by atoms with Crippen molar-refractivity contribution < 1.29 is 50.3 Å². The van der Waals surface area contributed by atoms with E-state index in [0.717, 1.165) is 5.32 Å². The van der Waals surface area contributed by atoms with Gasteiger partial charge in [0.1, 0.15) is 6.54 Å². The predicted octanol–water partition coefficient (Wildman–Crippen LogP) is 3.17. The molecule has 0 bridgehead atoms. The third-order valence-corrected chi connectivity index (χ3v) is 7.62. The van der Waals surface area contributed by atoms with Gasteiger partial charge in [0.05, 0.1) is 0 Å². The number of nitriles is 1. The zero-order chi connectivity index (χ0) is 38.8. The molecule has 4 N–H and O–H groups in total. The molecule has 52 heavy (non-hydrogen) atoms. The minimum atomic E-state index is -5.04. The molecule has 0 radical (unpaired) electrons. The fraction of sp³-hybridized carbons (Fsp3) is 0.314. The van der Waals surface area contributed by atoms with Gasteiger partial charge in [-0.25, -0.2) is 0 Å². The number of hydrogen-bond acceptors (Lipinski definition) is 7. The molecule has 3 aromatic carbocycles. The van der Waals surface area contributed by atoms with Crippen molar-refractivity contribution in [3.8, 4) is 11.8 Å². The van der Waals surface area contributed by atoms with Crippen LogP contribution in [0.1, 0.15) is 42.1 Å². The average molecular weight is 729 g/mol. The molecule has 17 heteroatoms. The Morgan fingerprint density at radius 1 is 0.885 bits per heavy atom. The van der Waals surface area contributed by atoms with E-state index in [1.807, 2.05) is 6.07 Å². The van der Waals surface area contributed by atoms with E-state index < -0.39 is 72.0 Å². The number of carbonyl (C=O) groups excluding carboxylic acids is 4. The molecule has 10 nitrogen and oxygen atoms in total. The monoisotopic (exact) mass is 729 g/mol. The Labute approximate surface area is 296 Å². The summed E-state index contributed by atoms with van der Waals surface area (Å²) in [4.78, 5) is 52.7. The Morgan fingerprint density at radius 3 is 2.12 bits per heavy atom. The Kier molecular flexibility index (Phi) is 13.7. The van der Waals surface area contributed by atoms with Gasteiger partial charge < -0.3 is 5.32 Å². The van der Waals surface area contributed by atoms with Crippen LogP contribution in [0.5, 0.6) is 5.75 Å². The predicted molar refractivity (Wildman–Crippen MR) is 179 cm³/mol. The number of rotatable bonds is 16. The number of hydrogen-bond donors (Lipinski definition) is 4. The van der Waals surface area contributed by atoms with Gasteiger partial charge in [-0.15, -0.1) is 0 Å². The number of amides is 3. The third kappa shape index (κ3) is 11.2. The zero-order valence-corrected chi connectivity index (χ0v) is 28.1. The summed E-state index contributed by atoms with van der Waals surface area (Å²) in [5.41, 5.74) is 1.34. The Hall–Kier alpha value is -5.66. The van der Waals surface area contributed by atoms with E-state index in [4.69, 9.17) is 4.74 Å². The Balaban J connectivity index is 1.98. The van der Waals surface area contributed by atoms with E-state index >= 15 is 0 Å². The summed E-state index contributed by atoms with van der Waals surface area (Å²) in [6, 6.07) is 14.1. The molecule has 3 aromatic rings. The van der Waals surface area contributed by atoms with Gasteiger partial charge >= 0.3 is 266 Å². The molecular weight excluding hydrogens is 695 g/mol. The van der Waals surface area contributed by atoms with Crippen molar-refractivity contribution >= 4 is 36.6 Å². The summed E-state index contributed by atoms with van der Waals surface area (Å²) < 4.78 is 86.7. The van der Waals surface area contributed by atoms with Crippen LogP contribution in [-0.2, 0) is 25.6 Å². The SMILES string of the molecule is B=C(NC(Cc1cccc(F)c1)C(=O)NC(C(=O)N[C@H](C(=O)C(F)(F)C(=O)NCC(F)(F)F)C(C)C)c1ccc(OC)cc1)c1cccc(C#N)c1. The molecule has 0 spiro atoms. The summed E-state index contributed by atoms with van der Waals surface area (Å²) in [7, 11) is 5.31. The maximum absolute atomic E-state index is 14.9. The zero-order valence-electron chi connectivity index (χ0n) is 28.1. The second-order valence-electron chi connectivity index (χ2n) is 11.9. The van der Waals surface area contributed by atoms with Gasteiger partial charge in [-0.1, -0.05) is 0 Å². The third-order valence-electron chi connectivity index (χ3n) is 7.62. The molecule has 2 unspecified atom stereocenters. The van der Waals surface area contributed by atoms with Gasteiger partial charge in [-0.05, 0) is 0 Å². The number of Topliss-reactive ketones (excluding diaryl/α,β-unsaturated/α-hetero) is 1. The number of methoxy groups -OCH3 is 1. The number of ether oxygens (including phenoxy) is 1. The molecule has 274 valence electrons. The quantitative estimate of drug-likeness (QED) is 0.101. The van der Waals surface area contributed by atoms with Gasteiger partial charge in [0.15, 0.2) is 0 Å².